The topological polar surface area (TPSA) is 71.1 Å². The van der Waals surface area contributed by atoms with Crippen molar-refractivity contribution in [2.75, 3.05) is 46.9 Å². The second-order valence-corrected chi connectivity index (χ2v) is 8.25. The average Bonchev–Trinajstić information content (AvgIpc) is 3.02. The maximum Gasteiger partial charge on any atom is 0.278 e. The molecule has 134 valence electrons. The summed E-state index contributed by atoms with van der Waals surface area (Å²) >= 11 is 0. The molecule has 2 aliphatic heterocycles. The first-order valence-corrected chi connectivity index (χ1v) is 9.72. The summed E-state index contributed by atoms with van der Waals surface area (Å²) in [5, 5.41) is 0. The van der Waals surface area contributed by atoms with E-state index in [0.29, 0.717) is 32.3 Å². The Balaban J connectivity index is 1.63. The van der Waals surface area contributed by atoms with Crippen LogP contribution in [0.5, 0.6) is 11.5 Å². The summed E-state index contributed by atoms with van der Waals surface area (Å²) in [7, 11) is -0.316. The summed E-state index contributed by atoms with van der Waals surface area (Å²) < 4.78 is 38.6. The van der Waals surface area contributed by atoms with Crippen LogP contribution >= 0.6 is 0 Å². The summed E-state index contributed by atoms with van der Waals surface area (Å²) in [5.41, 5.74) is 1.20. The van der Waals surface area contributed by atoms with Gasteiger partial charge in [-0.2, -0.15) is 12.7 Å². The molecule has 1 fully saturated rings. The van der Waals surface area contributed by atoms with Crippen LogP contribution in [0.4, 0.5) is 0 Å². The first kappa shape index (κ1) is 17.5. The van der Waals surface area contributed by atoms with Crippen molar-refractivity contribution in [2.24, 2.45) is 0 Å². The Hall–Kier alpha value is -1.35. The molecule has 0 bridgehead atoms. The molecule has 24 heavy (non-hydrogen) atoms. The van der Waals surface area contributed by atoms with E-state index in [9.17, 15) is 8.42 Å². The summed E-state index contributed by atoms with van der Waals surface area (Å²) in [6, 6.07) is 6.40. The van der Waals surface area contributed by atoms with Gasteiger partial charge in [-0.3, -0.25) is 4.90 Å². The quantitative estimate of drug-likeness (QED) is 0.824. The molecule has 1 aromatic carbocycles. The van der Waals surface area contributed by atoms with Gasteiger partial charge in [-0.15, -0.1) is 0 Å². The Kier molecular flexibility index (Phi) is 5.29. The van der Waals surface area contributed by atoms with Crippen LogP contribution in [0.2, 0.25) is 0 Å². The number of fused-ring (bicyclic) bond motifs is 1. The van der Waals surface area contributed by atoms with Crippen LogP contribution in [0.25, 0.3) is 0 Å². The average molecular weight is 355 g/mol. The molecule has 1 atom stereocenters. The van der Waals surface area contributed by atoms with Crippen LogP contribution in [0.1, 0.15) is 24.4 Å². The largest absolute Gasteiger partial charge is 0.486 e. The summed E-state index contributed by atoms with van der Waals surface area (Å²) in [6.45, 7) is 3.24. The van der Waals surface area contributed by atoms with Gasteiger partial charge >= 0.3 is 0 Å². The maximum atomic E-state index is 11.8. The molecule has 2 aliphatic rings. The van der Waals surface area contributed by atoms with E-state index in [1.165, 1.54) is 24.0 Å². The zero-order chi connectivity index (χ0) is 17.2. The molecule has 2 heterocycles. The minimum absolute atomic E-state index is 0.296. The van der Waals surface area contributed by atoms with Crippen molar-refractivity contribution < 1.29 is 17.9 Å². The lowest BCUT2D eigenvalue weighted by atomic mass is 10.0. The van der Waals surface area contributed by atoms with Gasteiger partial charge in [-0.1, -0.05) is 6.07 Å². The first-order valence-electron chi connectivity index (χ1n) is 8.28. The SMILES string of the molecule is CN(C)S(=O)(=O)NCCN1CCCC1c1ccc2c(c1)OCCO2. The maximum absolute atomic E-state index is 11.8. The third-order valence-electron chi connectivity index (χ3n) is 4.48. The van der Waals surface area contributed by atoms with Crippen molar-refractivity contribution in [3.05, 3.63) is 23.8 Å². The number of nitrogens with one attached hydrogen (secondary N) is 1. The van der Waals surface area contributed by atoms with E-state index >= 15 is 0 Å². The second-order valence-electron chi connectivity index (χ2n) is 6.28. The van der Waals surface area contributed by atoms with Gasteiger partial charge in [0.2, 0.25) is 0 Å². The molecule has 0 saturated carbocycles. The van der Waals surface area contributed by atoms with E-state index in [2.05, 4.69) is 21.8 Å². The molecule has 1 saturated heterocycles. The molecule has 0 spiro atoms. The zero-order valence-corrected chi connectivity index (χ0v) is 15.0. The van der Waals surface area contributed by atoms with Crippen LogP contribution in [0.15, 0.2) is 18.2 Å². The summed E-state index contributed by atoms with van der Waals surface area (Å²) in [4.78, 5) is 2.32. The smallest absolute Gasteiger partial charge is 0.278 e. The fourth-order valence-electron chi connectivity index (χ4n) is 3.19. The Morgan fingerprint density at radius 2 is 2.00 bits per heavy atom. The Morgan fingerprint density at radius 3 is 2.75 bits per heavy atom. The van der Waals surface area contributed by atoms with Crippen molar-refractivity contribution in [1.82, 2.24) is 13.9 Å². The van der Waals surface area contributed by atoms with E-state index in [0.717, 1.165) is 30.9 Å². The molecule has 8 heteroatoms. The van der Waals surface area contributed by atoms with E-state index in [-0.39, 0.29) is 0 Å². The number of nitrogens with zero attached hydrogens (tertiary/aromatic N) is 2. The van der Waals surface area contributed by atoms with Crippen molar-refractivity contribution in [1.29, 1.82) is 0 Å². The molecule has 0 aliphatic carbocycles. The lowest BCUT2D eigenvalue weighted by molar-refractivity contribution is 0.170. The molecule has 1 unspecified atom stereocenters. The van der Waals surface area contributed by atoms with Crippen molar-refractivity contribution in [3.63, 3.8) is 0 Å². The van der Waals surface area contributed by atoms with Crippen LogP contribution in [0, 0.1) is 0 Å². The van der Waals surface area contributed by atoms with Gasteiger partial charge in [-0.05, 0) is 37.1 Å². The number of rotatable bonds is 6. The standard InChI is InChI=1S/C16H25N3O4S/c1-18(2)24(20,21)17-7-9-19-8-3-4-14(19)13-5-6-15-16(12-13)23-11-10-22-15/h5-6,12,14,17H,3-4,7-11H2,1-2H3. The molecule has 0 amide bonds. The fraction of sp³-hybridized carbons (Fsp3) is 0.625. The van der Waals surface area contributed by atoms with E-state index < -0.39 is 10.2 Å². The predicted molar refractivity (Wildman–Crippen MR) is 91.6 cm³/mol. The van der Waals surface area contributed by atoms with Gasteiger partial charge in [0.25, 0.3) is 10.2 Å². The number of ether oxygens (including phenoxy) is 2. The number of hydrogen-bond acceptors (Lipinski definition) is 5. The molecule has 3 rings (SSSR count). The van der Waals surface area contributed by atoms with Gasteiger partial charge in [0.05, 0.1) is 0 Å². The molecular weight excluding hydrogens is 330 g/mol. The Labute approximate surface area is 143 Å². The molecule has 7 nitrogen and oxygen atoms in total. The molecule has 1 aromatic rings. The highest BCUT2D eigenvalue weighted by Gasteiger charge is 2.27. The van der Waals surface area contributed by atoms with Gasteiger partial charge in [0, 0.05) is 33.2 Å². The molecule has 0 radical (unpaired) electrons. The van der Waals surface area contributed by atoms with E-state index in [1.54, 1.807) is 0 Å². The monoisotopic (exact) mass is 355 g/mol. The van der Waals surface area contributed by atoms with Crippen molar-refractivity contribution in [3.8, 4) is 11.5 Å². The predicted octanol–water partition coefficient (Wildman–Crippen LogP) is 0.991. The molecule has 0 aromatic heterocycles. The van der Waals surface area contributed by atoms with Gasteiger partial charge in [0.15, 0.2) is 11.5 Å². The van der Waals surface area contributed by atoms with E-state index in [4.69, 9.17) is 9.47 Å². The van der Waals surface area contributed by atoms with Crippen molar-refractivity contribution >= 4 is 10.2 Å². The highest BCUT2D eigenvalue weighted by Crippen LogP contribution is 2.37. The van der Waals surface area contributed by atoms with E-state index in [1.807, 2.05) is 6.07 Å². The Bertz CT molecular complexity index is 678. The van der Waals surface area contributed by atoms with Gasteiger partial charge in [-0.25, -0.2) is 4.72 Å². The zero-order valence-electron chi connectivity index (χ0n) is 14.2. The fourth-order valence-corrected chi connectivity index (χ4v) is 3.79. The van der Waals surface area contributed by atoms with Crippen molar-refractivity contribution in [2.45, 2.75) is 18.9 Å². The number of likely N-dealkylation sites (tertiary alicyclic amines) is 1. The first-order chi connectivity index (χ1) is 11.5. The lowest BCUT2D eigenvalue weighted by Crippen LogP contribution is -2.40. The van der Waals surface area contributed by atoms with Crippen LogP contribution in [-0.4, -0.2) is 64.6 Å². The molecule has 1 N–H and O–H groups in total. The third kappa shape index (κ3) is 3.83. The second kappa shape index (κ2) is 7.26. The number of hydrogen-bond donors (Lipinski definition) is 1. The Morgan fingerprint density at radius 1 is 1.25 bits per heavy atom. The minimum atomic E-state index is -3.36. The number of benzene rings is 1. The normalized spacial score (nSPS) is 21.4. The third-order valence-corrected chi connectivity index (χ3v) is 6.01. The highest BCUT2D eigenvalue weighted by atomic mass is 32.2. The minimum Gasteiger partial charge on any atom is -0.486 e. The summed E-state index contributed by atoms with van der Waals surface area (Å²) in [6.07, 6.45) is 2.18. The van der Waals surface area contributed by atoms with Crippen LogP contribution in [0.3, 0.4) is 0 Å². The van der Waals surface area contributed by atoms with Gasteiger partial charge in [0.1, 0.15) is 13.2 Å². The highest BCUT2D eigenvalue weighted by molar-refractivity contribution is 7.87. The van der Waals surface area contributed by atoms with Gasteiger partial charge < -0.3 is 9.47 Å². The van der Waals surface area contributed by atoms with Crippen LogP contribution < -0.4 is 14.2 Å². The molecular formula is C16H25N3O4S. The summed E-state index contributed by atoms with van der Waals surface area (Å²) in [5.74, 6) is 1.60. The lowest BCUT2D eigenvalue weighted by Gasteiger charge is -2.26. The van der Waals surface area contributed by atoms with Crippen LogP contribution in [-0.2, 0) is 10.2 Å².